The van der Waals surface area contributed by atoms with E-state index in [9.17, 15) is 13.2 Å². The van der Waals surface area contributed by atoms with Gasteiger partial charge in [-0.1, -0.05) is 48.6 Å². The number of hydrogen-bond donors (Lipinski definition) is 0. The third-order valence-electron chi connectivity index (χ3n) is 5.56. The summed E-state index contributed by atoms with van der Waals surface area (Å²) >= 11 is 0. The lowest BCUT2D eigenvalue weighted by Crippen LogP contribution is -2.51. The number of likely N-dealkylation sites (N-methyl/N-ethyl adjacent to an activating group) is 1. The van der Waals surface area contributed by atoms with Gasteiger partial charge in [0.2, 0.25) is 15.9 Å². The molecule has 32 heavy (non-hydrogen) atoms. The summed E-state index contributed by atoms with van der Waals surface area (Å²) in [6, 6.07) is 15.1. The molecule has 0 aromatic heterocycles. The maximum atomic E-state index is 13.0. The standard InChI is InChI=1S/C24H31N3O4S/c1-20-11-12-22(31-3)23(18-20)32(29,30)25(2)19-24(28)27-16-14-26(15-17-27)13-7-10-21-8-5-4-6-9-21/h4-12,18H,13-17,19H2,1-3H3/b10-7+. The van der Waals surface area contributed by atoms with E-state index in [2.05, 4.69) is 29.2 Å². The predicted molar refractivity (Wildman–Crippen MR) is 126 cm³/mol. The Kier molecular flexibility index (Phi) is 8.06. The molecule has 1 fully saturated rings. The molecule has 2 aromatic rings. The second-order valence-corrected chi connectivity index (χ2v) is 9.92. The maximum Gasteiger partial charge on any atom is 0.246 e. The van der Waals surface area contributed by atoms with Crippen LogP contribution in [-0.2, 0) is 14.8 Å². The molecule has 7 nitrogen and oxygen atoms in total. The molecule has 8 heteroatoms. The van der Waals surface area contributed by atoms with E-state index >= 15 is 0 Å². The molecule has 0 atom stereocenters. The van der Waals surface area contributed by atoms with Crippen molar-refractivity contribution in [1.29, 1.82) is 0 Å². The number of hydrogen-bond acceptors (Lipinski definition) is 5. The van der Waals surface area contributed by atoms with Gasteiger partial charge in [-0.2, -0.15) is 4.31 Å². The lowest BCUT2D eigenvalue weighted by Gasteiger charge is -2.34. The Hall–Kier alpha value is -2.68. The van der Waals surface area contributed by atoms with Crippen molar-refractivity contribution >= 4 is 22.0 Å². The Bertz CT molecular complexity index is 1050. The fraction of sp³-hybridized carbons (Fsp3) is 0.375. The van der Waals surface area contributed by atoms with Gasteiger partial charge in [-0.05, 0) is 30.2 Å². The summed E-state index contributed by atoms with van der Waals surface area (Å²) in [5, 5.41) is 0. The average Bonchev–Trinajstić information content (AvgIpc) is 2.80. The zero-order valence-corrected chi connectivity index (χ0v) is 19.7. The van der Waals surface area contributed by atoms with Gasteiger partial charge in [-0.25, -0.2) is 8.42 Å². The number of sulfonamides is 1. The van der Waals surface area contributed by atoms with Crippen LogP contribution >= 0.6 is 0 Å². The van der Waals surface area contributed by atoms with Gasteiger partial charge in [-0.15, -0.1) is 0 Å². The van der Waals surface area contributed by atoms with E-state index in [0.29, 0.717) is 13.1 Å². The number of methoxy groups -OCH3 is 1. The first-order valence-electron chi connectivity index (χ1n) is 10.6. The molecule has 0 spiro atoms. The van der Waals surface area contributed by atoms with E-state index in [0.717, 1.165) is 35.1 Å². The van der Waals surface area contributed by atoms with Crippen LogP contribution in [0.4, 0.5) is 0 Å². The van der Waals surface area contributed by atoms with Crippen molar-refractivity contribution in [2.75, 3.05) is 53.4 Å². The van der Waals surface area contributed by atoms with Crippen LogP contribution in [0.25, 0.3) is 6.08 Å². The topological polar surface area (TPSA) is 70.2 Å². The molecule has 0 bridgehead atoms. The normalized spacial score (nSPS) is 15.4. The van der Waals surface area contributed by atoms with Crippen LogP contribution in [0.3, 0.4) is 0 Å². The Morgan fingerprint density at radius 3 is 2.44 bits per heavy atom. The fourth-order valence-electron chi connectivity index (χ4n) is 3.61. The summed E-state index contributed by atoms with van der Waals surface area (Å²) < 4.78 is 32.4. The molecule has 1 aliphatic heterocycles. The van der Waals surface area contributed by atoms with Gasteiger partial charge < -0.3 is 9.64 Å². The molecule has 3 rings (SSSR count). The summed E-state index contributed by atoms with van der Waals surface area (Å²) in [5.41, 5.74) is 1.97. The third kappa shape index (κ3) is 5.97. The van der Waals surface area contributed by atoms with Crippen molar-refractivity contribution in [3.63, 3.8) is 0 Å². The van der Waals surface area contributed by atoms with Crippen LogP contribution in [0.1, 0.15) is 11.1 Å². The highest BCUT2D eigenvalue weighted by atomic mass is 32.2. The SMILES string of the molecule is COc1ccc(C)cc1S(=O)(=O)N(C)CC(=O)N1CCN(C/C=C/c2ccccc2)CC1. The van der Waals surface area contributed by atoms with Gasteiger partial charge in [0.1, 0.15) is 10.6 Å². The second kappa shape index (κ2) is 10.8. The molecular weight excluding hydrogens is 426 g/mol. The molecule has 1 amide bonds. The lowest BCUT2D eigenvalue weighted by atomic mass is 10.2. The number of nitrogens with zero attached hydrogens (tertiary/aromatic N) is 3. The molecule has 2 aromatic carbocycles. The first-order valence-corrected chi connectivity index (χ1v) is 12.1. The van der Waals surface area contributed by atoms with Crippen molar-refractivity contribution in [2.24, 2.45) is 0 Å². The molecule has 0 aliphatic carbocycles. The highest BCUT2D eigenvalue weighted by Gasteiger charge is 2.29. The minimum atomic E-state index is -3.85. The first-order chi connectivity index (χ1) is 15.3. The molecule has 0 N–H and O–H groups in total. The van der Waals surface area contributed by atoms with E-state index in [1.165, 1.54) is 14.2 Å². The van der Waals surface area contributed by atoms with Crippen molar-refractivity contribution < 1.29 is 17.9 Å². The van der Waals surface area contributed by atoms with E-state index in [4.69, 9.17) is 4.74 Å². The van der Waals surface area contributed by atoms with Crippen LogP contribution in [0, 0.1) is 6.92 Å². The first kappa shape index (κ1) is 24.0. The number of ether oxygens (including phenoxy) is 1. The summed E-state index contributed by atoms with van der Waals surface area (Å²) in [4.78, 5) is 16.9. The van der Waals surface area contributed by atoms with Gasteiger partial charge in [0.05, 0.1) is 13.7 Å². The Balaban J connectivity index is 1.53. The van der Waals surface area contributed by atoms with Gasteiger partial charge in [0, 0.05) is 39.8 Å². The Morgan fingerprint density at radius 2 is 1.78 bits per heavy atom. The molecule has 172 valence electrons. The van der Waals surface area contributed by atoms with Crippen molar-refractivity contribution in [1.82, 2.24) is 14.1 Å². The van der Waals surface area contributed by atoms with Crippen LogP contribution in [0.2, 0.25) is 0 Å². The van der Waals surface area contributed by atoms with E-state index < -0.39 is 10.0 Å². The fourth-order valence-corrected chi connectivity index (χ4v) is 4.97. The minimum Gasteiger partial charge on any atom is -0.495 e. The summed E-state index contributed by atoms with van der Waals surface area (Å²) in [6.45, 7) is 5.11. The number of carbonyl (C=O) groups excluding carboxylic acids is 1. The number of benzene rings is 2. The number of piperazine rings is 1. The van der Waals surface area contributed by atoms with E-state index in [-0.39, 0.29) is 23.1 Å². The third-order valence-corrected chi connectivity index (χ3v) is 7.39. The van der Waals surface area contributed by atoms with Crippen molar-refractivity contribution in [3.8, 4) is 5.75 Å². The van der Waals surface area contributed by atoms with Gasteiger partial charge in [0.25, 0.3) is 0 Å². The molecule has 0 saturated carbocycles. The Labute approximate surface area is 190 Å². The van der Waals surface area contributed by atoms with Gasteiger partial charge in [0.15, 0.2) is 0 Å². The van der Waals surface area contributed by atoms with Gasteiger partial charge >= 0.3 is 0 Å². The molecular formula is C24H31N3O4S. The molecule has 0 unspecified atom stereocenters. The summed E-state index contributed by atoms with van der Waals surface area (Å²) in [5.74, 6) is 0.0780. The zero-order valence-electron chi connectivity index (χ0n) is 18.9. The quantitative estimate of drug-likeness (QED) is 0.609. The van der Waals surface area contributed by atoms with Crippen molar-refractivity contribution in [2.45, 2.75) is 11.8 Å². The number of aryl methyl sites for hydroxylation is 1. The Morgan fingerprint density at radius 1 is 1.09 bits per heavy atom. The highest BCUT2D eigenvalue weighted by Crippen LogP contribution is 2.27. The monoisotopic (exact) mass is 457 g/mol. The number of rotatable bonds is 8. The second-order valence-electron chi connectivity index (χ2n) is 7.91. The smallest absolute Gasteiger partial charge is 0.246 e. The molecule has 1 aliphatic rings. The highest BCUT2D eigenvalue weighted by molar-refractivity contribution is 7.89. The van der Waals surface area contributed by atoms with E-state index in [1.807, 2.05) is 25.1 Å². The molecule has 0 radical (unpaired) electrons. The maximum absolute atomic E-state index is 13.0. The summed E-state index contributed by atoms with van der Waals surface area (Å²) in [6.07, 6.45) is 4.22. The lowest BCUT2D eigenvalue weighted by molar-refractivity contribution is -0.132. The van der Waals surface area contributed by atoms with Crippen LogP contribution in [0.5, 0.6) is 5.75 Å². The van der Waals surface area contributed by atoms with Gasteiger partial charge in [-0.3, -0.25) is 9.69 Å². The largest absolute Gasteiger partial charge is 0.495 e. The number of amides is 1. The molecule has 1 heterocycles. The van der Waals surface area contributed by atoms with Crippen molar-refractivity contribution in [3.05, 3.63) is 65.7 Å². The minimum absolute atomic E-state index is 0.0744. The molecule has 1 saturated heterocycles. The van der Waals surface area contributed by atoms with E-state index in [1.54, 1.807) is 23.1 Å². The average molecular weight is 458 g/mol. The zero-order chi connectivity index (χ0) is 23.1. The van der Waals surface area contributed by atoms with Crippen LogP contribution in [-0.4, -0.2) is 81.9 Å². The van der Waals surface area contributed by atoms with Crippen LogP contribution in [0.15, 0.2) is 59.5 Å². The predicted octanol–water partition coefficient (Wildman–Crippen LogP) is 2.48. The van der Waals surface area contributed by atoms with Crippen LogP contribution < -0.4 is 4.74 Å². The summed E-state index contributed by atoms with van der Waals surface area (Å²) in [7, 11) is -0.982. The number of carbonyl (C=O) groups is 1.